The first-order valence-electron chi connectivity index (χ1n) is 6.49. The number of aromatic nitrogens is 1. The van der Waals surface area contributed by atoms with Crippen LogP contribution >= 0.6 is 22.7 Å². The van der Waals surface area contributed by atoms with Crippen LogP contribution in [0, 0.1) is 0 Å². The molecule has 2 rings (SSSR count). The van der Waals surface area contributed by atoms with Gasteiger partial charge in [-0.05, 0) is 18.4 Å². The number of hydrogen-bond acceptors (Lipinski definition) is 6. The van der Waals surface area contributed by atoms with Crippen molar-refractivity contribution >= 4 is 28.6 Å². The van der Waals surface area contributed by atoms with Crippen molar-refractivity contribution in [3.8, 4) is 10.6 Å². The molecule has 1 amide bonds. The van der Waals surface area contributed by atoms with Gasteiger partial charge in [-0.1, -0.05) is 0 Å². The molecule has 1 atom stereocenters. The second kappa shape index (κ2) is 7.13. The SMILES string of the molecule is COCCC(C)(O)CNC(=O)c1csc(-c2ccsc2)n1. The van der Waals surface area contributed by atoms with Gasteiger partial charge in [-0.2, -0.15) is 11.3 Å². The Morgan fingerprint density at radius 3 is 3.00 bits per heavy atom. The Morgan fingerprint density at radius 1 is 1.52 bits per heavy atom. The van der Waals surface area contributed by atoms with Gasteiger partial charge in [0.05, 0.1) is 5.60 Å². The average Bonchev–Trinajstić information content (AvgIpc) is 3.12. The third kappa shape index (κ3) is 4.60. The van der Waals surface area contributed by atoms with Crippen LogP contribution in [0.5, 0.6) is 0 Å². The highest BCUT2D eigenvalue weighted by molar-refractivity contribution is 7.14. The average molecular weight is 326 g/mol. The number of carbonyl (C=O) groups excluding carboxylic acids is 1. The summed E-state index contributed by atoms with van der Waals surface area (Å²) in [5.41, 5.74) is 0.414. The number of methoxy groups -OCH3 is 1. The zero-order chi connectivity index (χ0) is 15.3. The molecule has 5 nitrogen and oxygen atoms in total. The summed E-state index contributed by atoms with van der Waals surface area (Å²) >= 11 is 3.03. The standard InChI is InChI=1S/C14H18N2O3S2/c1-14(18,4-5-19-2)9-15-12(17)11-8-21-13(16-11)10-3-6-20-7-10/h3,6-8,18H,4-5,9H2,1-2H3,(H,15,17). The van der Waals surface area contributed by atoms with Crippen molar-refractivity contribution in [2.24, 2.45) is 0 Å². The molecule has 0 aromatic carbocycles. The molecule has 0 aliphatic heterocycles. The van der Waals surface area contributed by atoms with Crippen molar-refractivity contribution in [3.05, 3.63) is 27.9 Å². The second-order valence-corrected chi connectivity index (χ2v) is 6.61. The van der Waals surface area contributed by atoms with E-state index in [0.717, 1.165) is 10.6 Å². The fourth-order valence-corrected chi connectivity index (χ4v) is 3.18. The van der Waals surface area contributed by atoms with E-state index in [-0.39, 0.29) is 12.5 Å². The molecule has 0 spiro atoms. The first kappa shape index (κ1) is 16.1. The highest BCUT2D eigenvalue weighted by Gasteiger charge is 2.22. The van der Waals surface area contributed by atoms with Crippen LogP contribution in [0.25, 0.3) is 10.6 Å². The molecule has 0 aliphatic rings. The molecule has 0 bridgehead atoms. The first-order valence-corrected chi connectivity index (χ1v) is 8.32. The number of thiazole rings is 1. The summed E-state index contributed by atoms with van der Waals surface area (Å²) in [5, 5.41) is 19.3. The Morgan fingerprint density at radius 2 is 2.33 bits per heavy atom. The lowest BCUT2D eigenvalue weighted by molar-refractivity contribution is 0.0243. The Labute approximate surface area is 131 Å². The van der Waals surface area contributed by atoms with Crippen LogP contribution in [0.3, 0.4) is 0 Å². The molecule has 0 saturated carbocycles. The predicted molar refractivity (Wildman–Crippen MR) is 84.9 cm³/mol. The molecule has 7 heteroatoms. The number of hydrogen-bond donors (Lipinski definition) is 2. The third-order valence-corrected chi connectivity index (χ3v) is 4.55. The molecule has 1 unspecified atom stereocenters. The summed E-state index contributed by atoms with van der Waals surface area (Å²) < 4.78 is 4.93. The lowest BCUT2D eigenvalue weighted by atomic mass is 10.0. The topological polar surface area (TPSA) is 71.5 Å². The molecule has 2 N–H and O–H groups in total. The van der Waals surface area contributed by atoms with Gasteiger partial charge in [-0.25, -0.2) is 4.98 Å². The summed E-state index contributed by atoms with van der Waals surface area (Å²) in [6.07, 6.45) is 0.459. The van der Waals surface area contributed by atoms with Crippen molar-refractivity contribution in [3.63, 3.8) is 0 Å². The molecule has 21 heavy (non-hydrogen) atoms. The van der Waals surface area contributed by atoms with Crippen LogP contribution in [-0.2, 0) is 4.74 Å². The molecule has 2 aromatic heterocycles. The van der Waals surface area contributed by atoms with E-state index in [0.29, 0.717) is 18.7 Å². The minimum Gasteiger partial charge on any atom is -0.388 e. The van der Waals surface area contributed by atoms with Crippen molar-refractivity contribution in [1.29, 1.82) is 0 Å². The number of amides is 1. The Kier molecular flexibility index (Phi) is 5.46. The Bertz CT molecular complexity index is 579. The smallest absolute Gasteiger partial charge is 0.270 e. The van der Waals surface area contributed by atoms with Gasteiger partial charge in [0.2, 0.25) is 0 Å². The molecular weight excluding hydrogens is 308 g/mol. The molecule has 2 heterocycles. The van der Waals surface area contributed by atoms with Crippen molar-refractivity contribution in [2.45, 2.75) is 18.9 Å². The van der Waals surface area contributed by atoms with Crippen LogP contribution < -0.4 is 5.32 Å². The first-order chi connectivity index (χ1) is 10.0. The Balaban J connectivity index is 1.92. The van der Waals surface area contributed by atoms with E-state index in [9.17, 15) is 9.90 Å². The molecule has 0 fully saturated rings. The van der Waals surface area contributed by atoms with E-state index in [1.165, 1.54) is 11.3 Å². The number of ether oxygens (including phenoxy) is 1. The van der Waals surface area contributed by atoms with E-state index < -0.39 is 5.60 Å². The van der Waals surface area contributed by atoms with Crippen LogP contribution in [0.1, 0.15) is 23.8 Å². The lowest BCUT2D eigenvalue weighted by Crippen LogP contribution is -2.41. The molecule has 0 aliphatic carbocycles. The van der Waals surface area contributed by atoms with Gasteiger partial charge >= 0.3 is 0 Å². The van der Waals surface area contributed by atoms with Gasteiger partial charge in [0.15, 0.2) is 0 Å². The van der Waals surface area contributed by atoms with Gasteiger partial charge in [0.25, 0.3) is 5.91 Å². The predicted octanol–water partition coefficient (Wildman–Crippen LogP) is 2.39. The van der Waals surface area contributed by atoms with Crippen LogP contribution in [0.2, 0.25) is 0 Å². The number of carbonyl (C=O) groups is 1. The number of nitrogens with one attached hydrogen (secondary N) is 1. The molecule has 114 valence electrons. The van der Waals surface area contributed by atoms with Gasteiger partial charge < -0.3 is 15.2 Å². The summed E-state index contributed by atoms with van der Waals surface area (Å²) in [4.78, 5) is 16.4. The number of rotatable bonds is 7. The lowest BCUT2D eigenvalue weighted by Gasteiger charge is -2.22. The molecule has 2 aromatic rings. The number of aliphatic hydroxyl groups is 1. The van der Waals surface area contributed by atoms with Gasteiger partial charge in [0.1, 0.15) is 10.7 Å². The molecule has 0 radical (unpaired) electrons. The summed E-state index contributed by atoms with van der Waals surface area (Å²) in [6, 6.07) is 1.97. The second-order valence-electron chi connectivity index (χ2n) is 4.97. The number of nitrogens with zero attached hydrogens (tertiary/aromatic N) is 1. The van der Waals surface area contributed by atoms with Gasteiger partial charge in [-0.15, -0.1) is 11.3 Å². The largest absolute Gasteiger partial charge is 0.388 e. The van der Waals surface area contributed by atoms with E-state index in [1.54, 1.807) is 30.8 Å². The fraction of sp³-hybridized carbons (Fsp3) is 0.429. The van der Waals surface area contributed by atoms with Crippen LogP contribution in [0.4, 0.5) is 0 Å². The summed E-state index contributed by atoms with van der Waals surface area (Å²) in [5.74, 6) is -0.273. The van der Waals surface area contributed by atoms with E-state index in [1.807, 2.05) is 16.8 Å². The maximum absolute atomic E-state index is 12.0. The molecule has 0 saturated heterocycles. The monoisotopic (exact) mass is 326 g/mol. The highest BCUT2D eigenvalue weighted by Crippen LogP contribution is 2.25. The van der Waals surface area contributed by atoms with Crippen LogP contribution in [0.15, 0.2) is 22.2 Å². The third-order valence-electron chi connectivity index (χ3n) is 2.98. The highest BCUT2D eigenvalue weighted by atomic mass is 32.1. The van der Waals surface area contributed by atoms with E-state index in [4.69, 9.17) is 4.74 Å². The zero-order valence-electron chi connectivity index (χ0n) is 12.0. The van der Waals surface area contributed by atoms with Gasteiger partial charge in [-0.3, -0.25) is 4.79 Å². The quantitative estimate of drug-likeness (QED) is 0.819. The minimum atomic E-state index is -0.988. The molecular formula is C14H18N2O3S2. The van der Waals surface area contributed by atoms with Crippen molar-refractivity contribution in [2.75, 3.05) is 20.3 Å². The maximum atomic E-state index is 12.0. The van der Waals surface area contributed by atoms with Crippen molar-refractivity contribution in [1.82, 2.24) is 10.3 Å². The van der Waals surface area contributed by atoms with E-state index >= 15 is 0 Å². The Hall–Kier alpha value is -1.28. The maximum Gasteiger partial charge on any atom is 0.270 e. The van der Waals surface area contributed by atoms with Crippen molar-refractivity contribution < 1.29 is 14.6 Å². The van der Waals surface area contributed by atoms with Crippen LogP contribution in [-0.4, -0.2) is 41.9 Å². The van der Waals surface area contributed by atoms with E-state index in [2.05, 4.69) is 10.3 Å². The van der Waals surface area contributed by atoms with Gasteiger partial charge in [0, 0.05) is 43.0 Å². The normalized spacial score (nSPS) is 13.9. The number of thiophene rings is 1. The minimum absolute atomic E-state index is 0.167. The summed E-state index contributed by atoms with van der Waals surface area (Å²) in [7, 11) is 1.58. The summed E-state index contributed by atoms with van der Waals surface area (Å²) in [6.45, 7) is 2.28. The zero-order valence-corrected chi connectivity index (χ0v) is 13.6. The fourth-order valence-electron chi connectivity index (χ4n) is 1.67.